The second kappa shape index (κ2) is 14.3. The van der Waals surface area contributed by atoms with Crippen LogP contribution in [0.5, 0.6) is 0 Å². The SMILES string of the molecule is COCO[C@H]1CCN(C(=O)OC(C)(C)C)[C@H]1/C=C/[C@@H](CO[Si](C)(C)C(C)(C)C)NC(=O)OCc1ccccc1. The van der Waals surface area contributed by atoms with Crippen molar-refractivity contribution >= 4 is 20.5 Å². The largest absolute Gasteiger partial charge is 0.445 e. The lowest BCUT2D eigenvalue weighted by molar-refractivity contribution is -0.0758. The van der Waals surface area contributed by atoms with E-state index in [1.54, 1.807) is 12.0 Å². The molecule has 9 nitrogen and oxygen atoms in total. The molecular weight excluding hydrogens is 516 g/mol. The predicted molar refractivity (Wildman–Crippen MR) is 154 cm³/mol. The van der Waals surface area contributed by atoms with Gasteiger partial charge in [0.1, 0.15) is 19.0 Å². The molecule has 2 rings (SSSR count). The summed E-state index contributed by atoms with van der Waals surface area (Å²) in [5.74, 6) is 0. The van der Waals surface area contributed by atoms with Crippen LogP contribution in [0.1, 0.15) is 53.5 Å². The summed E-state index contributed by atoms with van der Waals surface area (Å²) in [7, 11) is -0.531. The van der Waals surface area contributed by atoms with Crippen molar-refractivity contribution < 1.29 is 33.0 Å². The van der Waals surface area contributed by atoms with Crippen LogP contribution in [0.15, 0.2) is 42.5 Å². The van der Waals surface area contributed by atoms with Crippen LogP contribution in [0.3, 0.4) is 0 Å². The van der Waals surface area contributed by atoms with Gasteiger partial charge < -0.3 is 28.7 Å². The topological polar surface area (TPSA) is 95.6 Å². The molecule has 1 saturated heterocycles. The van der Waals surface area contributed by atoms with Crippen LogP contribution in [-0.4, -0.2) is 76.2 Å². The Kier molecular flexibility index (Phi) is 12.0. The number of alkyl carbamates (subject to hydrolysis) is 1. The number of ether oxygens (including phenoxy) is 4. The minimum Gasteiger partial charge on any atom is -0.445 e. The summed E-state index contributed by atoms with van der Waals surface area (Å²) in [4.78, 5) is 27.4. The number of amides is 2. The van der Waals surface area contributed by atoms with Gasteiger partial charge in [0, 0.05) is 13.7 Å². The van der Waals surface area contributed by atoms with Crippen LogP contribution in [0.25, 0.3) is 0 Å². The number of rotatable bonds is 11. The first-order chi connectivity index (χ1) is 18.1. The molecule has 1 fully saturated rings. The van der Waals surface area contributed by atoms with E-state index in [0.29, 0.717) is 13.0 Å². The molecule has 0 saturated carbocycles. The molecule has 2 amide bonds. The monoisotopic (exact) mass is 564 g/mol. The second-order valence-corrected chi connectivity index (χ2v) is 17.1. The van der Waals surface area contributed by atoms with E-state index in [4.69, 9.17) is 23.4 Å². The highest BCUT2D eigenvalue weighted by Gasteiger charge is 2.39. The Morgan fingerprint density at radius 3 is 2.38 bits per heavy atom. The maximum atomic E-state index is 13.0. The molecule has 1 heterocycles. The summed E-state index contributed by atoms with van der Waals surface area (Å²) < 4.78 is 28.5. The van der Waals surface area contributed by atoms with Crippen LogP contribution in [0.2, 0.25) is 18.1 Å². The van der Waals surface area contributed by atoms with E-state index in [9.17, 15) is 9.59 Å². The zero-order chi connectivity index (χ0) is 29.3. The van der Waals surface area contributed by atoms with Crippen LogP contribution in [-0.2, 0) is 30.0 Å². The van der Waals surface area contributed by atoms with E-state index < -0.39 is 38.2 Å². The summed E-state index contributed by atoms with van der Waals surface area (Å²) in [6.07, 6.45) is 3.14. The summed E-state index contributed by atoms with van der Waals surface area (Å²) in [6.45, 7) is 17.4. The molecule has 10 heteroatoms. The Hall–Kier alpha value is -2.40. The minimum atomic E-state index is -2.09. The molecule has 0 aromatic heterocycles. The van der Waals surface area contributed by atoms with Crippen molar-refractivity contribution in [1.82, 2.24) is 10.2 Å². The van der Waals surface area contributed by atoms with Crippen molar-refractivity contribution in [2.75, 3.05) is 27.1 Å². The standard InChI is InChI=1S/C29H48N2O7Si/c1-28(2,3)38-27(33)31-18-17-25(36-21-34-7)24(31)16-15-23(20-37-39(8,9)29(4,5)6)30-26(32)35-19-22-13-11-10-12-14-22/h10-16,23-25H,17-21H2,1-9H3,(H,30,32)/b16-15+/t23-,24-,25-/m0/s1. The maximum Gasteiger partial charge on any atom is 0.410 e. The second-order valence-electron chi connectivity index (χ2n) is 12.3. The fourth-order valence-electron chi connectivity index (χ4n) is 3.71. The highest BCUT2D eigenvalue weighted by atomic mass is 28.4. The fraction of sp³-hybridized carbons (Fsp3) is 0.655. The van der Waals surface area contributed by atoms with Gasteiger partial charge in [0.25, 0.3) is 0 Å². The smallest absolute Gasteiger partial charge is 0.410 e. The van der Waals surface area contributed by atoms with E-state index in [2.05, 4.69) is 39.2 Å². The van der Waals surface area contributed by atoms with Crippen molar-refractivity contribution in [2.45, 2.75) is 96.5 Å². The average molecular weight is 565 g/mol. The van der Waals surface area contributed by atoms with E-state index in [0.717, 1.165) is 5.56 Å². The van der Waals surface area contributed by atoms with Gasteiger partial charge in [-0.25, -0.2) is 9.59 Å². The van der Waals surface area contributed by atoms with E-state index in [1.807, 2.05) is 63.3 Å². The van der Waals surface area contributed by atoms with Crippen molar-refractivity contribution in [3.05, 3.63) is 48.0 Å². The first-order valence-corrected chi connectivity index (χ1v) is 16.4. The molecule has 0 aliphatic carbocycles. The molecule has 1 aliphatic rings. The van der Waals surface area contributed by atoms with Crippen LogP contribution >= 0.6 is 0 Å². The van der Waals surface area contributed by atoms with Gasteiger partial charge >= 0.3 is 12.2 Å². The molecule has 1 aromatic carbocycles. The van der Waals surface area contributed by atoms with Crippen molar-refractivity contribution in [3.63, 3.8) is 0 Å². The summed E-state index contributed by atoms with van der Waals surface area (Å²) in [6, 6.07) is 8.63. The number of nitrogens with one attached hydrogen (secondary N) is 1. The van der Waals surface area contributed by atoms with Gasteiger partial charge in [-0.2, -0.15) is 0 Å². The Balaban J connectivity index is 2.21. The quantitative estimate of drug-likeness (QED) is 0.204. The van der Waals surface area contributed by atoms with E-state index >= 15 is 0 Å². The fourth-order valence-corrected chi connectivity index (χ4v) is 4.74. The number of carbonyl (C=O) groups excluding carboxylic acids is 2. The number of hydrogen-bond acceptors (Lipinski definition) is 7. The Bertz CT molecular complexity index is 941. The summed E-state index contributed by atoms with van der Waals surface area (Å²) in [5, 5.41) is 2.93. The van der Waals surface area contributed by atoms with Gasteiger partial charge in [0.15, 0.2) is 8.32 Å². The van der Waals surface area contributed by atoms with Gasteiger partial charge in [-0.05, 0) is 50.9 Å². The number of likely N-dealkylation sites (tertiary alicyclic amines) is 1. The first kappa shape index (κ1) is 32.8. The van der Waals surface area contributed by atoms with Gasteiger partial charge in [-0.3, -0.25) is 4.90 Å². The van der Waals surface area contributed by atoms with Gasteiger partial charge in [0.2, 0.25) is 0 Å². The average Bonchev–Trinajstić information content (AvgIpc) is 3.25. The van der Waals surface area contributed by atoms with Crippen molar-refractivity contribution in [2.24, 2.45) is 0 Å². The van der Waals surface area contributed by atoms with Crippen molar-refractivity contribution in [3.8, 4) is 0 Å². The number of benzene rings is 1. The van der Waals surface area contributed by atoms with Crippen LogP contribution in [0.4, 0.5) is 9.59 Å². The number of hydrogen-bond donors (Lipinski definition) is 1. The third kappa shape index (κ3) is 10.9. The van der Waals surface area contributed by atoms with Crippen molar-refractivity contribution in [1.29, 1.82) is 0 Å². The first-order valence-electron chi connectivity index (χ1n) is 13.5. The molecule has 0 bridgehead atoms. The lowest BCUT2D eigenvalue weighted by Gasteiger charge is -2.37. The number of methoxy groups -OCH3 is 1. The predicted octanol–water partition coefficient (Wildman–Crippen LogP) is 5.86. The molecule has 3 atom stereocenters. The Labute approximate surface area is 235 Å². The lowest BCUT2D eigenvalue weighted by Crippen LogP contribution is -2.46. The maximum absolute atomic E-state index is 13.0. The molecule has 1 aromatic rings. The third-order valence-electron chi connectivity index (χ3n) is 6.91. The Morgan fingerprint density at radius 2 is 1.79 bits per heavy atom. The highest BCUT2D eigenvalue weighted by molar-refractivity contribution is 6.74. The molecule has 1 aliphatic heterocycles. The molecule has 39 heavy (non-hydrogen) atoms. The normalized spacial score (nSPS) is 19.3. The third-order valence-corrected chi connectivity index (χ3v) is 11.4. The Morgan fingerprint density at radius 1 is 1.13 bits per heavy atom. The molecule has 1 N–H and O–H groups in total. The van der Waals surface area contributed by atoms with Gasteiger partial charge in [0.05, 0.1) is 24.8 Å². The van der Waals surface area contributed by atoms with Crippen LogP contribution < -0.4 is 5.32 Å². The molecule has 0 radical (unpaired) electrons. The van der Waals surface area contributed by atoms with E-state index in [1.165, 1.54) is 0 Å². The molecule has 220 valence electrons. The zero-order valence-electron chi connectivity index (χ0n) is 25.1. The zero-order valence-corrected chi connectivity index (χ0v) is 26.1. The molecular formula is C29H48N2O7Si. The highest BCUT2D eigenvalue weighted by Crippen LogP contribution is 2.36. The van der Waals surface area contributed by atoms with Gasteiger partial charge in [-0.15, -0.1) is 0 Å². The van der Waals surface area contributed by atoms with Gasteiger partial charge in [-0.1, -0.05) is 63.3 Å². The molecule has 0 spiro atoms. The minimum absolute atomic E-state index is 0.00708. The van der Waals surface area contributed by atoms with Crippen LogP contribution in [0, 0.1) is 0 Å². The van der Waals surface area contributed by atoms with E-state index in [-0.39, 0.29) is 31.1 Å². The number of nitrogens with zero attached hydrogens (tertiary/aromatic N) is 1. The summed E-state index contributed by atoms with van der Waals surface area (Å²) in [5.41, 5.74) is 0.273. The molecule has 0 unspecified atom stereocenters. The number of carbonyl (C=O) groups is 2. The lowest BCUT2D eigenvalue weighted by atomic mass is 10.1. The summed E-state index contributed by atoms with van der Waals surface area (Å²) >= 11 is 0.